The highest BCUT2D eigenvalue weighted by molar-refractivity contribution is 6.00. The second-order valence-electron chi connectivity index (χ2n) is 5.62. The number of hydrogen-bond donors (Lipinski definition) is 0. The highest BCUT2D eigenvalue weighted by Crippen LogP contribution is 2.26. The van der Waals surface area contributed by atoms with Gasteiger partial charge in [0.05, 0.1) is 19.8 Å². The molecule has 0 aromatic heterocycles. The Kier molecular flexibility index (Phi) is 6.46. The van der Waals surface area contributed by atoms with Crippen molar-refractivity contribution in [3.63, 3.8) is 0 Å². The van der Waals surface area contributed by atoms with Crippen LogP contribution in [0, 0.1) is 5.92 Å². The number of esters is 2. The van der Waals surface area contributed by atoms with E-state index in [9.17, 15) is 9.59 Å². The third-order valence-corrected chi connectivity index (χ3v) is 3.47. The van der Waals surface area contributed by atoms with E-state index in [-0.39, 0.29) is 6.04 Å². The molecular formula is C16H25NO4. The van der Waals surface area contributed by atoms with Crippen LogP contribution in [-0.4, -0.2) is 37.1 Å². The summed E-state index contributed by atoms with van der Waals surface area (Å²) in [5, 5.41) is 0. The molecule has 0 saturated carbocycles. The Balaban J connectivity index is 3.27. The summed E-state index contributed by atoms with van der Waals surface area (Å²) in [5.41, 5.74) is 0.677. The highest BCUT2D eigenvalue weighted by atomic mass is 16.5. The molecule has 1 heterocycles. The van der Waals surface area contributed by atoms with Crippen LogP contribution in [0.4, 0.5) is 0 Å². The van der Waals surface area contributed by atoms with Crippen molar-refractivity contribution in [3.8, 4) is 0 Å². The van der Waals surface area contributed by atoms with Crippen LogP contribution < -0.4 is 0 Å². The van der Waals surface area contributed by atoms with Crippen molar-refractivity contribution < 1.29 is 19.1 Å². The lowest BCUT2D eigenvalue weighted by Gasteiger charge is -2.30. The SMILES string of the molecule is COC(=O)C1=C(C(=O)OC)N(C(C)CC(C)C)C=CCC1. The zero-order chi connectivity index (χ0) is 16.0. The van der Waals surface area contributed by atoms with Crippen LogP contribution in [0.1, 0.15) is 40.0 Å². The van der Waals surface area contributed by atoms with Gasteiger partial charge in [-0.2, -0.15) is 0 Å². The zero-order valence-corrected chi connectivity index (χ0v) is 13.5. The van der Waals surface area contributed by atoms with Crippen molar-refractivity contribution in [1.82, 2.24) is 4.90 Å². The molecule has 0 fully saturated rings. The number of methoxy groups -OCH3 is 2. The molecule has 5 heteroatoms. The van der Waals surface area contributed by atoms with Crippen LogP contribution in [0.15, 0.2) is 23.5 Å². The normalized spacial score (nSPS) is 16.8. The predicted octanol–water partition coefficient (Wildman–Crippen LogP) is 2.63. The van der Waals surface area contributed by atoms with Crippen LogP contribution in [0.5, 0.6) is 0 Å². The maximum absolute atomic E-state index is 12.2. The van der Waals surface area contributed by atoms with Gasteiger partial charge >= 0.3 is 11.9 Å². The van der Waals surface area contributed by atoms with Gasteiger partial charge in [-0.3, -0.25) is 0 Å². The van der Waals surface area contributed by atoms with Gasteiger partial charge < -0.3 is 14.4 Å². The molecule has 21 heavy (non-hydrogen) atoms. The lowest BCUT2D eigenvalue weighted by Crippen LogP contribution is -2.34. The van der Waals surface area contributed by atoms with Crippen molar-refractivity contribution >= 4 is 11.9 Å². The van der Waals surface area contributed by atoms with Crippen LogP contribution in [0.3, 0.4) is 0 Å². The second kappa shape index (κ2) is 7.86. The standard InChI is InChI=1S/C16H25NO4/c1-11(2)10-12(3)17-9-7-6-8-13(15(18)20-4)14(17)16(19)21-5/h7,9,11-12H,6,8,10H2,1-5H3. The summed E-state index contributed by atoms with van der Waals surface area (Å²) in [6.07, 6.45) is 5.90. The zero-order valence-electron chi connectivity index (χ0n) is 13.5. The molecule has 0 aliphatic carbocycles. The van der Waals surface area contributed by atoms with E-state index < -0.39 is 11.9 Å². The number of nitrogens with zero attached hydrogens (tertiary/aromatic N) is 1. The molecular weight excluding hydrogens is 270 g/mol. The molecule has 0 aromatic carbocycles. The Bertz CT molecular complexity index is 451. The first-order chi connectivity index (χ1) is 9.92. The smallest absolute Gasteiger partial charge is 0.355 e. The first kappa shape index (κ1) is 17.3. The van der Waals surface area contributed by atoms with Gasteiger partial charge in [-0.1, -0.05) is 19.9 Å². The van der Waals surface area contributed by atoms with Crippen LogP contribution in [-0.2, 0) is 19.1 Å². The quantitative estimate of drug-likeness (QED) is 0.730. The van der Waals surface area contributed by atoms with Gasteiger partial charge in [-0.25, -0.2) is 9.59 Å². The van der Waals surface area contributed by atoms with Gasteiger partial charge in [-0.05, 0) is 32.1 Å². The number of carbonyl (C=O) groups excluding carboxylic acids is 2. The minimum Gasteiger partial charge on any atom is -0.466 e. The van der Waals surface area contributed by atoms with Gasteiger partial charge in [-0.15, -0.1) is 0 Å². The van der Waals surface area contributed by atoms with Crippen molar-refractivity contribution in [1.29, 1.82) is 0 Å². The second-order valence-corrected chi connectivity index (χ2v) is 5.62. The molecule has 0 spiro atoms. The number of rotatable bonds is 5. The van der Waals surface area contributed by atoms with Crippen LogP contribution >= 0.6 is 0 Å². The first-order valence-electron chi connectivity index (χ1n) is 7.27. The fraction of sp³-hybridized carbons (Fsp3) is 0.625. The molecule has 0 aromatic rings. The largest absolute Gasteiger partial charge is 0.466 e. The molecule has 1 rings (SSSR count). The summed E-state index contributed by atoms with van der Waals surface area (Å²) < 4.78 is 9.70. The number of ether oxygens (including phenoxy) is 2. The van der Waals surface area contributed by atoms with Crippen molar-refractivity contribution in [2.24, 2.45) is 5.92 Å². The lowest BCUT2D eigenvalue weighted by atomic mass is 10.0. The van der Waals surface area contributed by atoms with E-state index in [1.807, 2.05) is 24.1 Å². The summed E-state index contributed by atoms with van der Waals surface area (Å²) in [5.74, 6) is -0.490. The Morgan fingerprint density at radius 1 is 1.19 bits per heavy atom. The third kappa shape index (κ3) is 4.34. The summed E-state index contributed by atoms with van der Waals surface area (Å²) in [4.78, 5) is 26.0. The molecule has 1 atom stereocenters. The maximum atomic E-state index is 12.2. The molecule has 0 saturated heterocycles. The number of allylic oxidation sites excluding steroid dienone is 1. The van der Waals surface area contributed by atoms with Crippen LogP contribution in [0.2, 0.25) is 0 Å². The van der Waals surface area contributed by atoms with E-state index in [1.54, 1.807) is 0 Å². The topological polar surface area (TPSA) is 55.8 Å². The summed E-state index contributed by atoms with van der Waals surface area (Å²) >= 11 is 0. The predicted molar refractivity (Wildman–Crippen MR) is 80.2 cm³/mol. The molecule has 5 nitrogen and oxygen atoms in total. The Morgan fingerprint density at radius 3 is 2.33 bits per heavy atom. The Labute approximate surface area is 126 Å². The number of carbonyl (C=O) groups is 2. The van der Waals surface area contributed by atoms with E-state index in [1.165, 1.54) is 14.2 Å². The lowest BCUT2D eigenvalue weighted by molar-refractivity contribution is -0.140. The molecule has 0 radical (unpaired) electrons. The Morgan fingerprint density at radius 2 is 1.81 bits per heavy atom. The minimum absolute atomic E-state index is 0.0908. The maximum Gasteiger partial charge on any atom is 0.355 e. The van der Waals surface area contributed by atoms with Crippen molar-refractivity contribution in [2.75, 3.05) is 14.2 Å². The molecule has 1 unspecified atom stereocenters. The van der Waals surface area contributed by atoms with E-state index in [0.29, 0.717) is 30.0 Å². The third-order valence-electron chi connectivity index (χ3n) is 3.47. The van der Waals surface area contributed by atoms with Gasteiger partial charge in [0, 0.05) is 12.2 Å². The van der Waals surface area contributed by atoms with Gasteiger partial charge in [0.1, 0.15) is 5.70 Å². The number of hydrogen-bond acceptors (Lipinski definition) is 5. The first-order valence-corrected chi connectivity index (χ1v) is 7.27. The highest BCUT2D eigenvalue weighted by Gasteiger charge is 2.30. The molecule has 0 bridgehead atoms. The summed E-state index contributed by atoms with van der Waals surface area (Å²) in [7, 11) is 2.65. The van der Waals surface area contributed by atoms with Gasteiger partial charge in [0.25, 0.3) is 0 Å². The van der Waals surface area contributed by atoms with Crippen LogP contribution in [0.25, 0.3) is 0 Å². The molecule has 0 amide bonds. The molecule has 1 aliphatic heterocycles. The summed E-state index contributed by atoms with van der Waals surface area (Å²) in [6.45, 7) is 6.29. The van der Waals surface area contributed by atoms with E-state index in [2.05, 4.69) is 13.8 Å². The fourth-order valence-electron chi connectivity index (χ4n) is 2.57. The average Bonchev–Trinajstić information content (AvgIpc) is 2.67. The van der Waals surface area contributed by atoms with Gasteiger partial charge in [0.15, 0.2) is 0 Å². The molecule has 1 aliphatic rings. The van der Waals surface area contributed by atoms with E-state index in [4.69, 9.17) is 9.47 Å². The minimum atomic E-state index is -0.502. The van der Waals surface area contributed by atoms with Gasteiger partial charge in [0.2, 0.25) is 0 Å². The molecule has 0 N–H and O–H groups in total. The van der Waals surface area contributed by atoms with Crippen molar-refractivity contribution in [2.45, 2.75) is 46.1 Å². The van der Waals surface area contributed by atoms with Crippen molar-refractivity contribution in [3.05, 3.63) is 23.5 Å². The fourth-order valence-corrected chi connectivity index (χ4v) is 2.57. The van der Waals surface area contributed by atoms with E-state index in [0.717, 1.165) is 6.42 Å². The summed E-state index contributed by atoms with van der Waals surface area (Å²) in [6, 6.07) is 0.0908. The Hall–Kier alpha value is -1.78. The average molecular weight is 295 g/mol. The van der Waals surface area contributed by atoms with E-state index >= 15 is 0 Å². The monoisotopic (exact) mass is 295 g/mol. The molecule has 118 valence electrons.